The monoisotopic (exact) mass is 242 g/mol. The third-order valence-electron chi connectivity index (χ3n) is 2.43. The zero-order valence-corrected chi connectivity index (χ0v) is 9.38. The van der Waals surface area contributed by atoms with Gasteiger partial charge in [-0.15, -0.1) is 0 Å². The Bertz CT molecular complexity index is 397. The number of ether oxygens (including phenoxy) is 1. The van der Waals surface area contributed by atoms with Crippen LogP contribution in [-0.4, -0.2) is 11.7 Å². The summed E-state index contributed by atoms with van der Waals surface area (Å²) < 4.78 is 18.4. The van der Waals surface area contributed by atoms with Gasteiger partial charge in [-0.1, -0.05) is 11.6 Å². The lowest BCUT2D eigenvalue weighted by molar-refractivity contribution is 0.0916. The van der Waals surface area contributed by atoms with Crippen molar-refractivity contribution in [2.24, 2.45) is 0 Å². The lowest BCUT2D eigenvalue weighted by Gasteiger charge is -2.20. The fourth-order valence-electron chi connectivity index (χ4n) is 1.66. The Morgan fingerprint density at radius 1 is 1.38 bits per heavy atom. The number of rotatable bonds is 2. The minimum absolute atomic E-state index is 0.269. The molecule has 2 rings (SSSR count). The lowest BCUT2D eigenvalue weighted by Crippen LogP contribution is -2.10. The van der Waals surface area contributed by atoms with Crippen LogP contribution in [0.25, 0.3) is 0 Å². The van der Waals surface area contributed by atoms with Gasteiger partial charge in [0, 0.05) is 5.02 Å². The summed E-state index contributed by atoms with van der Waals surface area (Å²) in [5.74, 6) is 0.0193. The zero-order chi connectivity index (χ0) is 11.5. The van der Waals surface area contributed by atoms with E-state index in [1.165, 1.54) is 18.2 Å². The van der Waals surface area contributed by atoms with Gasteiger partial charge in [0.25, 0.3) is 0 Å². The van der Waals surface area contributed by atoms with Gasteiger partial charge in [-0.25, -0.2) is 4.39 Å². The highest BCUT2D eigenvalue weighted by Crippen LogP contribution is 2.28. The average molecular weight is 243 g/mol. The Morgan fingerprint density at radius 2 is 2.19 bits per heavy atom. The van der Waals surface area contributed by atoms with E-state index >= 15 is 0 Å². The summed E-state index contributed by atoms with van der Waals surface area (Å²) in [6.07, 6.45) is 2.70. The molecule has 0 bridgehead atoms. The molecule has 1 unspecified atom stereocenters. The van der Waals surface area contributed by atoms with Crippen LogP contribution in [0, 0.1) is 5.82 Å². The largest absolute Gasteiger partial charge is 0.495 e. The Kier molecular flexibility index (Phi) is 3.46. The molecule has 0 spiro atoms. The molecule has 1 atom stereocenters. The van der Waals surface area contributed by atoms with Gasteiger partial charge in [0.15, 0.2) is 0 Å². The van der Waals surface area contributed by atoms with Crippen molar-refractivity contribution in [1.29, 1.82) is 0 Å². The van der Waals surface area contributed by atoms with E-state index in [0.717, 1.165) is 12.8 Å². The first-order valence-corrected chi connectivity index (χ1v) is 5.51. The predicted octanol–water partition coefficient (Wildman–Crippen LogP) is 3.21. The van der Waals surface area contributed by atoms with Gasteiger partial charge < -0.3 is 9.84 Å². The van der Waals surface area contributed by atoms with Gasteiger partial charge in [-0.3, -0.25) is 0 Å². The van der Waals surface area contributed by atoms with E-state index in [4.69, 9.17) is 16.3 Å². The van der Waals surface area contributed by atoms with Crippen LogP contribution in [0.4, 0.5) is 4.39 Å². The molecule has 0 fully saturated rings. The molecule has 1 aliphatic heterocycles. The molecule has 1 aromatic rings. The second-order valence-electron chi connectivity index (χ2n) is 3.70. The highest BCUT2D eigenvalue weighted by atomic mass is 35.5. The normalized spacial score (nSPS) is 17.6. The maximum absolute atomic E-state index is 13.1. The van der Waals surface area contributed by atoms with E-state index in [0.29, 0.717) is 17.9 Å². The van der Waals surface area contributed by atoms with Gasteiger partial charge in [0.05, 0.1) is 6.61 Å². The third-order valence-corrected chi connectivity index (χ3v) is 2.65. The first-order valence-electron chi connectivity index (χ1n) is 5.14. The van der Waals surface area contributed by atoms with Gasteiger partial charge in [-0.05, 0) is 42.7 Å². The van der Waals surface area contributed by atoms with Crippen molar-refractivity contribution >= 4 is 11.6 Å². The highest BCUT2D eigenvalue weighted by molar-refractivity contribution is 6.30. The van der Waals surface area contributed by atoms with Crippen LogP contribution in [0.2, 0.25) is 5.02 Å². The van der Waals surface area contributed by atoms with Gasteiger partial charge in [0.2, 0.25) is 0 Å². The Hall–Kier alpha value is -1.06. The Balaban J connectivity index is 2.25. The first-order chi connectivity index (χ1) is 7.66. The molecule has 16 heavy (non-hydrogen) atoms. The number of aliphatic hydroxyl groups excluding tert-OH is 1. The predicted molar refractivity (Wildman–Crippen MR) is 59.6 cm³/mol. The molecular weight excluding hydrogens is 231 g/mol. The maximum Gasteiger partial charge on any atom is 0.136 e. The molecular formula is C12H12ClFO2. The van der Waals surface area contributed by atoms with Gasteiger partial charge in [0.1, 0.15) is 17.7 Å². The SMILES string of the molecule is OC(C1=CCCCO1)c1cc(F)cc(Cl)c1. The first kappa shape index (κ1) is 11.4. The molecule has 1 heterocycles. The van der Waals surface area contributed by atoms with Crippen LogP contribution < -0.4 is 0 Å². The van der Waals surface area contributed by atoms with Crippen molar-refractivity contribution in [2.75, 3.05) is 6.61 Å². The number of hydrogen-bond donors (Lipinski definition) is 1. The van der Waals surface area contributed by atoms with E-state index in [-0.39, 0.29) is 5.02 Å². The average Bonchev–Trinajstić information content (AvgIpc) is 2.28. The van der Waals surface area contributed by atoms with Crippen molar-refractivity contribution in [3.8, 4) is 0 Å². The molecule has 1 aliphatic rings. The standard InChI is InChI=1S/C12H12ClFO2/c13-9-5-8(6-10(14)7-9)12(15)11-3-1-2-4-16-11/h3,5-7,12,15H,1-2,4H2. The van der Waals surface area contributed by atoms with E-state index in [1.807, 2.05) is 6.08 Å². The highest BCUT2D eigenvalue weighted by Gasteiger charge is 2.18. The number of allylic oxidation sites excluding steroid dienone is 1. The van der Waals surface area contributed by atoms with Crippen LogP contribution in [0.15, 0.2) is 30.0 Å². The molecule has 0 saturated carbocycles. The smallest absolute Gasteiger partial charge is 0.136 e. The van der Waals surface area contributed by atoms with E-state index in [9.17, 15) is 9.50 Å². The molecule has 0 saturated heterocycles. The quantitative estimate of drug-likeness (QED) is 0.863. The summed E-state index contributed by atoms with van der Waals surface area (Å²) in [5, 5.41) is 10.2. The van der Waals surface area contributed by atoms with Crippen molar-refractivity contribution in [3.63, 3.8) is 0 Å². The maximum atomic E-state index is 13.1. The number of aliphatic hydroxyl groups is 1. The van der Waals surface area contributed by atoms with E-state index < -0.39 is 11.9 Å². The van der Waals surface area contributed by atoms with Crippen LogP contribution in [-0.2, 0) is 4.74 Å². The Morgan fingerprint density at radius 3 is 2.81 bits per heavy atom. The van der Waals surface area contributed by atoms with Crippen molar-refractivity contribution in [3.05, 3.63) is 46.4 Å². The van der Waals surface area contributed by atoms with E-state index in [2.05, 4.69) is 0 Å². The van der Waals surface area contributed by atoms with Crippen LogP contribution >= 0.6 is 11.6 Å². The summed E-state index contributed by atoms with van der Waals surface area (Å²) in [5.41, 5.74) is 0.415. The van der Waals surface area contributed by atoms with Crippen LogP contribution in [0.3, 0.4) is 0 Å². The lowest BCUT2D eigenvalue weighted by atomic mass is 10.1. The summed E-state index contributed by atoms with van der Waals surface area (Å²) in [6.45, 7) is 0.589. The summed E-state index contributed by atoms with van der Waals surface area (Å²) in [7, 11) is 0. The second-order valence-corrected chi connectivity index (χ2v) is 4.14. The molecule has 2 nitrogen and oxygen atoms in total. The summed E-state index contributed by atoms with van der Waals surface area (Å²) in [6, 6.07) is 4.00. The molecule has 0 aromatic heterocycles. The number of benzene rings is 1. The molecule has 86 valence electrons. The Labute approximate surface area is 98.3 Å². The molecule has 1 N–H and O–H groups in total. The topological polar surface area (TPSA) is 29.5 Å². The van der Waals surface area contributed by atoms with E-state index in [1.54, 1.807) is 0 Å². The fraction of sp³-hybridized carbons (Fsp3) is 0.333. The number of halogens is 2. The minimum Gasteiger partial charge on any atom is -0.495 e. The molecule has 4 heteroatoms. The second kappa shape index (κ2) is 4.85. The van der Waals surface area contributed by atoms with Crippen molar-refractivity contribution in [1.82, 2.24) is 0 Å². The summed E-state index contributed by atoms with van der Waals surface area (Å²) in [4.78, 5) is 0. The van der Waals surface area contributed by atoms with Crippen molar-refractivity contribution < 1.29 is 14.2 Å². The van der Waals surface area contributed by atoms with Crippen LogP contribution in [0.1, 0.15) is 24.5 Å². The molecule has 0 radical (unpaired) electrons. The zero-order valence-electron chi connectivity index (χ0n) is 8.62. The van der Waals surface area contributed by atoms with Crippen LogP contribution in [0.5, 0.6) is 0 Å². The summed E-state index contributed by atoms with van der Waals surface area (Å²) >= 11 is 5.72. The van der Waals surface area contributed by atoms with Crippen molar-refractivity contribution in [2.45, 2.75) is 18.9 Å². The number of hydrogen-bond acceptors (Lipinski definition) is 2. The molecule has 0 aliphatic carbocycles. The van der Waals surface area contributed by atoms with Gasteiger partial charge in [-0.2, -0.15) is 0 Å². The minimum atomic E-state index is -0.937. The van der Waals surface area contributed by atoms with Gasteiger partial charge >= 0.3 is 0 Å². The third kappa shape index (κ3) is 2.54. The molecule has 0 amide bonds. The molecule has 1 aromatic carbocycles. The fourth-order valence-corrected chi connectivity index (χ4v) is 1.89.